The van der Waals surface area contributed by atoms with Gasteiger partial charge in [-0.25, -0.2) is 0 Å². The molecule has 0 aliphatic carbocycles. The summed E-state index contributed by atoms with van der Waals surface area (Å²) in [6.45, 7) is 3.01. The fourth-order valence-electron chi connectivity index (χ4n) is 1.45. The average molecular weight is 182 g/mol. The van der Waals surface area contributed by atoms with Crippen LogP contribution in [0.25, 0.3) is 0 Å². The molecular weight excluding hydrogens is 168 g/mol. The van der Waals surface area contributed by atoms with E-state index in [-0.39, 0.29) is 17.9 Å². The highest BCUT2D eigenvalue weighted by molar-refractivity contribution is 5.79. The predicted molar refractivity (Wildman–Crippen MR) is 46.8 cm³/mol. The van der Waals surface area contributed by atoms with Crippen LogP contribution < -0.4 is 5.32 Å². The van der Waals surface area contributed by atoms with Crippen LogP contribution in [0.15, 0.2) is 0 Å². The number of carbonyl (C=O) groups excluding carboxylic acids is 1. The van der Waals surface area contributed by atoms with Crippen LogP contribution in [0.4, 0.5) is 0 Å². The van der Waals surface area contributed by atoms with Gasteiger partial charge >= 0.3 is 0 Å². The van der Waals surface area contributed by atoms with Crippen LogP contribution in [-0.4, -0.2) is 25.2 Å². The van der Waals surface area contributed by atoms with E-state index in [2.05, 4.69) is 5.32 Å². The van der Waals surface area contributed by atoms with E-state index in [9.17, 15) is 4.79 Å². The Morgan fingerprint density at radius 2 is 2.54 bits per heavy atom. The van der Waals surface area contributed by atoms with Crippen LogP contribution in [0.3, 0.4) is 0 Å². The molecule has 72 valence electrons. The molecule has 0 radical (unpaired) electrons. The molecule has 2 unspecified atom stereocenters. The van der Waals surface area contributed by atoms with Crippen molar-refractivity contribution in [2.24, 2.45) is 5.92 Å². The van der Waals surface area contributed by atoms with Gasteiger partial charge in [-0.05, 0) is 13.3 Å². The lowest BCUT2D eigenvalue weighted by Gasteiger charge is -2.12. The molecule has 2 atom stereocenters. The van der Waals surface area contributed by atoms with Gasteiger partial charge in [0, 0.05) is 13.2 Å². The van der Waals surface area contributed by atoms with Crippen LogP contribution >= 0.6 is 0 Å². The van der Waals surface area contributed by atoms with E-state index in [0.717, 1.165) is 6.42 Å². The van der Waals surface area contributed by atoms with Gasteiger partial charge in [0.2, 0.25) is 5.91 Å². The Hall–Kier alpha value is -1.08. The van der Waals surface area contributed by atoms with Crippen molar-refractivity contribution in [1.82, 2.24) is 5.32 Å². The Balaban J connectivity index is 2.27. The van der Waals surface area contributed by atoms with E-state index < -0.39 is 0 Å². The molecule has 0 spiro atoms. The Kier molecular flexibility index (Phi) is 3.71. The maximum absolute atomic E-state index is 11.4. The summed E-state index contributed by atoms with van der Waals surface area (Å²) in [5.41, 5.74) is 0. The normalized spacial score (nSPS) is 26.8. The van der Waals surface area contributed by atoms with E-state index in [1.807, 2.05) is 13.0 Å². The zero-order valence-corrected chi connectivity index (χ0v) is 7.75. The maximum Gasteiger partial charge on any atom is 0.225 e. The number of amides is 1. The van der Waals surface area contributed by atoms with Gasteiger partial charge in [0.05, 0.1) is 24.5 Å². The van der Waals surface area contributed by atoms with Crippen molar-refractivity contribution < 1.29 is 9.53 Å². The minimum atomic E-state index is -0.0290. The first-order valence-corrected chi connectivity index (χ1v) is 4.52. The number of nitrogens with one attached hydrogen (secondary N) is 1. The molecule has 1 amide bonds. The zero-order valence-electron chi connectivity index (χ0n) is 7.75. The van der Waals surface area contributed by atoms with E-state index in [4.69, 9.17) is 10.00 Å². The van der Waals surface area contributed by atoms with E-state index in [0.29, 0.717) is 19.6 Å². The average Bonchev–Trinajstić information content (AvgIpc) is 2.52. The Morgan fingerprint density at radius 3 is 3.08 bits per heavy atom. The summed E-state index contributed by atoms with van der Waals surface area (Å²) in [5, 5.41) is 11.0. The fourth-order valence-corrected chi connectivity index (χ4v) is 1.45. The summed E-state index contributed by atoms with van der Waals surface area (Å²) in [6, 6.07) is 1.98. The molecule has 13 heavy (non-hydrogen) atoms. The smallest absolute Gasteiger partial charge is 0.225 e. The predicted octanol–water partition coefficient (Wildman–Crippen LogP) is 0.441. The second-order valence-electron chi connectivity index (χ2n) is 3.17. The summed E-state index contributed by atoms with van der Waals surface area (Å²) in [6.07, 6.45) is 1.18. The number of nitriles is 1. The van der Waals surface area contributed by atoms with E-state index >= 15 is 0 Å². The second kappa shape index (κ2) is 4.83. The summed E-state index contributed by atoms with van der Waals surface area (Å²) in [5.74, 6) is -0.0149. The number of nitrogens with zero attached hydrogens (tertiary/aromatic N) is 1. The monoisotopic (exact) mass is 182 g/mol. The summed E-state index contributed by atoms with van der Waals surface area (Å²) in [7, 11) is 0. The van der Waals surface area contributed by atoms with Crippen LogP contribution in [0.1, 0.15) is 19.8 Å². The molecule has 1 fully saturated rings. The highest BCUT2D eigenvalue weighted by atomic mass is 16.5. The van der Waals surface area contributed by atoms with Crippen LogP contribution in [0.2, 0.25) is 0 Å². The first kappa shape index (κ1) is 10.0. The number of ether oxygens (including phenoxy) is 1. The van der Waals surface area contributed by atoms with Crippen molar-refractivity contribution in [3.63, 3.8) is 0 Å². The topological polar surface area (TPSA) is 62.1 Å². The molecule has 0 aromatic rings. The summed E-state index contributed by atoms with van der Waals surface area (Å²) >= 11 is 0. The van der Waals surface area contributed by atoms with E-state index in [1.165, 1.54) is 0 Å². The lowest BCUT2D eigenvalue weighted by atomic mass is 10.0. The third-order valence-corrected chi connectivity index (χ3v) is 2.25. The molecule has 1 heterocycles. The third kappa shape index (κ3) is 2.71. The first-order chi connectivity index (χ1) is 6.25. The van der Waals surface area contributed by atoms with E-state index in [1.54, 1.807) is 0 Å². The summed E-state index contributed by atoms with van der Waals surface area (Å²) < 4.78 is 5.27. The Labute approximate surface area is 77.9 Å². The van der Waals surface area contributed by atoms with Gasteiger partial charge in [-0.3, -0.25) is 4.79 Å². The Bertz CT molecular complexity index is 222. The van der Waals surface area contributed by atoms with Crippen LogP contribution in [-0.2, 0) is 9.53 Å². The minimum Gasteiger partial charge on any atom is -0.378 e. The van der Waals surface area contributed by atoms with Crippen molar-refractivity contribution in [1.29, 1.82) is 5.26 Å². The molecule has 0 saturated carbocycles. The quantitative estimate of drug-likeness (QED) is 0.644. The largest absolute Gasteiger partial charge is 0.378 e. The molecule has 1 saturated heterocycles. The van der Waals surface area contributed by atoms with Gasteiger partial charge in [-0.2, -0.15) is 5.26 Å². The molecule has 1 N–H and O–H groups in total. The fraction of sp³-hybridized carbons (Fsp3) is 0.778. The lowest BCUT2D eigenvalue weighted by Crippen LogP contribution is -2.34. The van der Waals surface area contributed by atoms with Crippen molar-refractivity contribution in [3.05, 3.63) is 0 Å². The van der Waals surface area contributed by atoms with Crippen molar-refractivity contribution in [3.8, 4) is 6.07 Å². The standard InChI is InChI=1S/C9H14N2O2/c1-7-8(3-6-13-7)9(12)11-5-2-4-10/h7-8H,2-3,5-6H2,1H3,(H,11,12). The summed E-state index contributed by atoms with van der Waals surface area (Å²) in [4.78, 5) is 11.4. The highest BCUT2D eigenvalue weighted by Crippen LogP contribution is 2.20. The number of carbonyl (C=O) groups is 1. The van der Waals surface area contributed by atoms with Crippen molar-refractivity contribution >= 4 is 5.91 Å². The molecule has 1 rings (SSSR count). The number of hydrogen-bond acceptors (Lipinski definition) is 3. The van der Waals surface area contributed by atoms with Gasteiger partial charge in [-0.1, -0.05) is 0 Å². The molecule has 1 aliphatic heterocycles. The van der Waals surface area contributed by atoms with Gasteiger partial charge in [-0.15, -0.1) is 0 Å². The minimum absolute atomic E-state index is 0.0141. The van der Waals surface area contributed by atoms with Gasteiger partial charge in [0.15, 0.2) is 0 Å². The first-order valence-electron chi connectivity index (χ1n) is 4.52. The maximum atomic E-state index is 11.4. The van der Waals surface area contributed by atoms with Crippen LogP contribution in [0, 0.1) is 17.2 Å². The third-order valence-electron chi connectivity index (χ3n) is 2.25. The van der Waals surface area contributed by atoms with Gasteiger partial charge in [0.25, 0.3) is 0 Å². The molecule has 0 aromatic carbocycles. The Morgan fingerprint density at radius 1 is 1.77 bits per heavy atom. The van der Waals surface area contributed by atoms with Crippen LogP contribution in [0.5, 0.6) is 0 Å². The van der Waals surface area contributed by atoms with Crippen molar-refractivity contribution in [2.75, 3.05) is 13.2 Å². The van der Waals surface area contributed by atoms with Gasteiger partial charge < -0.3 is 10.1 Å². The molecule has 1 aliphatic rings. The molecular formula is C9H14N2O2. The highest BCUT2D eigenvalue weighted by Gasteiger charge is 2.30. The molecule has 4 heteroatoms. The number of rotatable bonds is 3. The lowest BCUT2D eigenvalue weighted by molar-refractivity contribution is -0.126. The SMILES string of the molecule is CC1OCCC1C(=O)NCCC#N. The zero-order chi connectivity index (χ0) is 9.68. The second-order valence-corrected chi connectivity index (χ2v) is 3.17. The molecule has 4 nitrogen and oxygen atoms in total. The van der Waals surface area contributed by atoms with Gasteiger partial charge in [0.1, 0.15) is 0 Å². The number of hydrogen-bond donors (Lipinski definition) is 1. The molecule has 0 bridgehead atoms. The van der Waals surface area contributed by atoms with Crippen molar-refractivity contribution in [2.45, 2.75) is 25.9 Å². The molecule has 0 aromatic heterocycles.